The maximum atomic E-state index is 12.2. The second-order valence-electron chi connectivity index (χ2n) is 6.91. The average Bonchev–Trinajstić information content (AvgIpc) is 2.50. The second kappa shape index (κ2) is 6.28. The van der Waals surface area contributed by atoms with Gasteiger partial charge < -0.3 is 4.98 Å². The van der Waals surface area contributed by atoms with Crippen LogP contribution in [0.1, 0.15) is 53.5 Å². The van der Waals surface area contributed by atoms with Crippen molar-refractivity contribution < 1.29 is 0 Å². The summed E-state index contributed by atoms with van der Waals surface area (Å²) in [6.07, 6.45) is 0.779. The van der Waals surface area contributed by atoms with Gasteiger partial charge >= 0.3 is 0 Å². The van der Waals surface area contributed by atoms with Crippen LogP contribution in [0, 0.1) is 13.8 Å². The summed E-state index contributed by atoms with van der Waals surface area (Å²) in [5, 5.41) is 0. The van der Waals surface area contributed by atoms with E-state index in [1.807, 2.05) is 0 Å². The van der Waals surface area contributed by atoms with Gasteiger partial charge in [0, 0.05) is 31.1 Å². The first kappa shape index (κ1) is 15.9. The number of H-pyrrole nitrogens is 1. The first-order valence-electron chi connectivity index (χ1n) is 8.34. The molecule has 0 amide bonds. The third-order valence-corrected chi connectivity index (χ3v) is 4.70. The van der Waals surface area contributed by atoms with Crippen molar-refractivity contribution in [3.05, 3.63) is 62.3 Å². The van der Waals surface area contributed by atoms with Crippen LogP contribution >= 0.6 is 0 Å². The quantitative estimate of drug-likeness (QED) is 0.947. The maximum Gasteiger partial charge on any atom is 0.254 e. The summed E-state index contributed by atoms with van der Waals surface area (Å²) in [6, 6.07) is 6.64. The topological polar surface area (TPSA) is 49.0 Å². The molecule has 0 atom stereocenters. The molecule has 1 aromatic carbocycles. The van der Waals surface area contributed by atoms with Crippen LogP contribution in [0.5, 0.6) is 0 Å². The third kappa shape index (κ3) is 3.37. The van der Waals surface area contributed by atoms with Crippen molar-refractivity contribution in [1.29, 1.82) is 0 Å². The van der Waals surface area contributed by atoms with E-state index in [1.54, 1.807) is 0 Å². The molecule has 2 heterocycles. The van der Waals surface area contributed by atoms with Crippen molar-refractivity contribution in [2.75, 3.05) is 6.54 Å². The predicted molar refractivity (Wildman–Crippen MR) is 92.7 cm³/mol. The molecule has 122 valence electrons. The first-order valence-corrected chi connectivity index (χ1v) is 8.34. The standard InChI is InChI=1S/C19H25N3O/c1-12(2)18-20-17-11-22(8-7-16(17)19(23)21-18)10-15-6-5-13(3)14(4)9-15/h5-6,9,12H,7-8,10-11H2,1-4H3,(H,20,21,23). The average molecular weight is 311 g/mol. The highest BCUT2D eigenvalue weighted by molar-refractivity contribution is 5.30. The highest BCUT2D eigenvalue weighted by Crippen LogP contribution is 2.19. The summed E-state index contributed by atoms with van der Waals surface area (Å²) in [7, 11) is 0. The van der Waals surface area contributed by atoms with Gasteiger partial charge in [0.2, 0.25) is 0 Å². The number of nitrogens with zero attached hydrogens (tertiary/aromatic N) is 2. The van der Waals surface area contributed by atoms with Crippen LogP contribution in [-0.4, -0.2) is 21.4 Å². The Bertz CT molecular complexity index is 777. The number of hydrogen-bond acceptors (Lipinski definition) is 3. The number of hydrogen-bond donors (Lipinski definition) is 1. The van der Waals surface area contributed by atoms with E-state index in [0.717, 1.165) is 43.1 Å². The molecule has 1 N–H and O–H groups in total. The van der Waals surface area contributed by atoms with Gasteiger partial charge in [-0.2, -0.15) is 0 Å². The number of fused-ring (bicyclic) bond motifs is 1. The van der Waals surface area contributed by atoms with E-state index in [2.05, 4.69) is 55.8 Å². The molecule has 1 aromatic heterocycles. The Morgan fingerprint density at radius 1 is 1.26 bits per heavy atom. The van der Waals surface area contributed by atoms with E-state index >= 15 is 0 Å². The van der Waals surface area contributed by atoms with Gasteiger partial charge in [-0.1, -0.05) is 32.0 Å². The van der Waals surface area contributed by atoms with Crippen LogP contribution in [0.15, 0.2) is 23.0 Å². The summed E-state index contributed by atoms with van der Waals surface area (Å²) in [6.45, 7) is 11.0. The number of aryl methyl sites for hydroxylation is 2. The fourth-order valence-corrected chi connectivity index (χ4v) is 3.08. The molecular formula is C19H25N3O. The van der Waals surface area contributed by atoms with Crippen LogP contribution in [0.4, 0.5) is 0 Å². The van der Waals surface area contributed by atoms with E-state index in [4.69, 9.17) is 4.98 Å². The zero-order valence-electron chi connectivity index (χ0n) is 14.4. The van der Waals surface area contributed by atoms with Crippen LogP contribution in [0.2, 0.25) is 0 Å². The molecule has 2 aromatic rings. The minimum Gasteiger partial charge on any atom is -0.310 e. The third-order valence-electron chi connectivity index (χ3n) is 4.70. The van der Waals surface area contributed by atoms with Crippen LogP contribution in [0.3, 0.4) is 0 Å². The van der Waals surface area contributed by atoms with Crippen LogP contribution < -0.4 is 5.56 Å². The fraction of sp³-hybridized carbons (Fsp3) is 0.474. The van der Waals surface area contributed by atoms with E-state index in [1.165, 1.54) is 16.7 Å². The molecule has 3 rings (SSSR count). The molecule has 0 saturated heterocycles. The molecule has 0 saturated carbocycles. The fourth-order valence-electron chi connectivity index (χ4n) is 3.08. The molecule has 0 bridgehead atoms. The Labute approximate surface area is 137 Å². The SMILES string of the molecule is Cc1ccc(CN2CCc3c(nc(C(C)C)[nH]c3=O)C2)cc1C. The van der Waals surface area contributed by atoms with E-state index in [0.29, 0.717) is 0 Å². The Morgan fingerprint density at radius 2 is 2.04 bits per heavy atom. The molecule has 0 radical (unpaired) electrons. The summed E-state index contributed by atoms with van der Waals surface area (Å²) in [4.78, 5) is 22.2. The molecule has 4 heteroatoms. The lowest BCUT2D eigenvalue weighted by Crippen LogP contribution is -2.35. The minimum absolute atomic E-state index is 0.0459. The molecule has 23 heavy (non-hydrogen) atoms. The Hall–Kier alpha value is -1.94. The summed E-state index contributed by atoms with van der Waals surface area (Å²) in [5.74, 6) is 1.03. The van der Waals surface area contributed by atoms with Crippen molar-refractivity contribution in [1.82, 2.24) is 14.9 Å². The number of aromatic amines is 1. The Morgan fingerprint density at radius 3 is 2.74 bits per heavy atom. The number of aromatic nitrogens is 2. The normalized spacial score (nSPS) is 15.0. The summed E-state index contributed by atoms with van der Waals surface area (Å²) in [5.41, 5.74) is 5.84. The van der Waals surface area contributed by atoms with E-state index in [-0.39, 0.29) is 11.5 Å². The lowest BCUT2D eigenvalue weighted by atomic mass is 10.0. The Kier molecular flexibility index (Phi) is 4.35. The zero-order valence-corrected chi connectivity index (χ0v) is 14.4. The molecule has 0 spiro atoms. The van der Waals surface area contributed by atoms with Gasteiger partial charge in [-0.3, -0.25) is 9.69 Å². The largest absolute Gasteiger partial charge is 0.310 e. The molecule has 0 fully saturated rings. The van der Waals surface area contributed by atoms with Gasteiger partial charge in [-0.15, -0.1) is 0 Å². The number of nitrogens with one attached hydrogen (secondary N) is 1. The van der Waals surface area contributed by atoms with E-state index in [9.17, 15) is 4.79 Å². The summed E-state index contributed by atoms with van der Waals surface area (Å²) < 4.78 is 0. The van der Waals surface area contributed by atoms with Gasteiger partial charge in [0.1, 0.15) is 5.82 Å². The number of rotatable bonds is 3. The first-order chi connectivity index (χ1) is 10.9. The summed E-state index contributed by atoms with van der Waals surface area (Å²) >= 11 is 0. The monoisotopic (exact) mass is 311 g/mol. The second-order valence-corrected chi connectivity index (χ2v) is 6.91. The Balaban J connectivity index is 1.81. The van der Waals surface area contributed by atoms with Crippen LogP contribution in [-0.2, 0) is 19.5 Å². The van der Waals surface area contributed by atoms with Gasteiger partial charge in [-0.25, -0.2) is 4.98 Å². The predicted octanol–water partition coefficient (Wildman–Crippen LogP) is 3.07. The van der Waals surface area contributed by atoms with Gasteiger partial charge in [0.15, 0.2) is 0 Å². The highest BCUT2D eigenvalue weighted by atomic mass is 16.1. The maximum absolute atomic E-state index is 12.2. The number of benzene rings is 1. The van der Waals surface area contributed by atoms with Crippen LogP contribution in [0.25, 0.3) is 0 Å². The lowest BCUT2D eigenvalue weighted by molar-refractivity contribution is 0.240. The lowest BCUT2D eigenvalue weighted by Gasteiger charge is -2.28. The van der Waals surface area contributed by atoms with Crippen molar-refractivity contribution >= 4 is 0 Å². The molecule has 1 aliphatic rings. The molecule has 1 aliphatic heterocycles. The van der Waals surface area contributed by atoms with Gasteiger partial charge in [0.05, 0.1) is 5.69 Å². The van der Waals surface area contributed by atoms with Gasteiger partial charge in [0.25, 0.3) is 5.56 Å². The molecular weight excluding hydrogens is 286 g/mol. The van der Waals surface area contributed by atoms with Crippen molar-refractivity contribution in [3.63, 3.8) is 0 Å². The zero-order chi connectivity index (χ0) is 16.6. The van der Waals surface area contributed by atoms with Gasteiger partial charge in [-0.05, 0) is 37.0 Å². The molecule has 0 aliphatic carbocycles. The smallest absolute Gasteiger partial charge is 0.254 e. The molecule has 4 nitrogen and oxygen atoms in total. The minimum atomic E-state index is 0.0459. The van der Waals surface area contributed by atoms with E-state index < -0.39 is 0 Å². The van der Waals surface area contributed by atoms with Crippen molar-refractivity contribution in [2.24, 2.45) is 0 Å². The highest BCUT2D eigenvalue weighted by Gasteiger charge is 2.21. The van der Waals surface area contributed by atoms with Crippen molar-refractivity contribution in [2.45, 2.75) is 53.1 Å². The molecule has 0 unspecified atom stereocenters. The van der Waals surface area contributed by atoms with Crippen molar-refractivity contribution in [3.8, 4) is 0 Å².